The molecule has 3 aromatic carbocycles. The first-order valence-corrected chi connectivity index (χ1v) is 11.2. The van der Waals surface area contributed by atoms with Crippen LogP contribution in [0.5, 0.6) is 23.0 Å². The number of rotatable bonds is 7. The van der Waals surface area contributed by atoms with E-state index in [1.54, 1.807) is 66.7 Å². The van der Waals surface area contributed by atoms with E-state index in [2.05, 4.69) is 0 Å². The molecular formula is C28H25NO8. The van der Waals surface area contributed by atoms with Crippen LogP contribution in [0.1, 0.15) is 24.1 Å². The molecule has 1 saturated heterocycles. The van der Waals surface area contributed by atoms with Gasteiger partial charge in [-0.3, -0.25) is 19.3 Å². The third-order valence-corrected chi connectivity index (χ3v) is 5.89. The van der Waals surface area contributed by atoms with Crippen LogP contribution in [0.25, 0.3) is 5.76 Å². The normalized spacial score (nSPS) is 16.4. The molecular weight excluding hydrogens is 478 g/mol. The molecule has 0 radical (unpaired) electrons. The van der Waals surface area contributed by atoms with Gasteiger partial charge >= 0.3 is 5.97 Å². The molecule has 0 aliphatic carbocycles. The molecule has 1 aliphatic heterocycles. The lowest BCUT2D eigenvalue weighted by Gasteiger charge is -2.26. The zero-order chi connectivity index (χ0) is 26.7. The molecule has 1 atom stereocenters. The summed E-state index contributed by atoms with van der Waals surface area (Å²) >= 11 is 0. The van der Waals surface area contributed by atoms with E-state index in [-0.39, 0.29) is 22.6 Å². The minimum Gasteiger partial charge on any atom is -0.507 e. The predicted octanol–water partition coefficient (Wildman–Crippen LogP) is 4.26. The van der Waals surface area contributed by atoms with Crippen molar-refractivity contribution in [2.24, 2.45) is 0 Å². The molecule has 0 spiro atoms. The fourth-order valence-electron chi connectivity index (χ4n) is 4.21. The topological polar surface area (TPSA) is 112 Å². The molecule has 0 bridgehead atoms. The zero-order valence-corrected chi connectivity index (χ0v) is 20.7. The molecule has 190 valence electrons. The highest BCUT2D eigenvalue weighted by molar-refractivity contribution is 6.51. The molecule has 1 fully saturated rings. The number of carbonyl (C=O) groups excluding carboxylic acids is 3. The average molecular weight is 504 g/mol. The number of esters is 1. The van der Waals surface area contributed by atoms with Crippen LogP contribution in [-0.2, 0) is 14.4 Å². The van der Waals surface area contributed by atoms with E-state index < -0.39 is 29.5 Å². The molecule has 1 N–H and O–H groups in total. The number of anilines is 1. The number of ketones is 1. The van der Waals surface area contributed by atoms with Gasteiger partial charge in [-0.1, -0.05) is 12.1 Å². The molecule has 1 aliphatic rings. The Bertz CT molecular complexity index is 1390. The smallest absolute Gasteiger partial charge is 0.308 e. The van der Waals surface area contributed by atoms with Crippen LogP contribution in [0.4, 0.5) is 5.69 Å². The van der Waals surface area contributed by atoms with Crippen molar-refractivity contribution in [3.8, 4) is 23.0 Å². The van der Waals surface area contributed by atoms with Gasteiger partial charge in [0, 0.05) is 18.7 Å². The Labute approximate surface area is 213 Å². The second-order valence-corrected chi connectivity index (χ2v) is 8.10. The van der Waals surface area contributed by atoms with E-state index in [0.717, 1.165) is 0 Å². The minimum atomic E-state index is -1.03. The highest BCUT2D eigenvalue weighted by Gasteiger charge is 2.47. The number of aliphatic hydroxyl groups excluding tert-OH is 1. The fraction of sp³-hybridized carbons (Fsp3) is 0.179. The van der Waals surface area contributed by atoms with Gasteiger partial charge in [-0.15, -0.1) is 0 Å². The number of hydrogen-bond acceptors (Lipinski definition) is 8. The number of methoxy groups -OCH3 is 3. The van der Waals surface area contributed by atoms with Crippen LogP contribution in [0, 0.1) is 0 Å². The van der Waals surface area contributed by atoms with E-state index in [9.17, 15) is 19.5 Å². The first-order valence-electron chi connectivity index (χ1n) is 11.2. The van der Waals surface area contributed by atoms with Crippen molar-refractivity contribution in [2.45, 2.75) is 13.0 Å². The van der Waals surface area contributed by atoms with Crippen molar-refractivity contribution in [1.82, 2.24) is 0 Å². The summed E-state index contributed by atoms with van der Waals surface area (Å²) in [5, 5.41) is 11.4. The first kappa shape index (κ1) is 25.3. The lowest BCUT2D eigenvalue weighted by molar-refractivity contribution is -0.132. The van der Waals surface area contributed by atoms with Gasteiger partial charge in [0.15, 0.2) is 0 Å². The van der Waals surface area contributed by atoms with Crippen molar-refractivity contribution in [3.05, 3.63) is 83.4 Å². The summed E-state index contributed by atoms with van der Waals surface area (Å²) in [6.07, 6.45) is 0. The molecule has 1 heterocycles. The average Bonchev–Trinajstić information content (AvgIpc) is 3.17. The van der Waals surface area contributed by atoms with Crippen LogP contribution in [0.2, 0.25) is 0 Å². The lowest BCUT2D eigenvalue weighted by Crippen LogP contribution is -2.29. The third-order valence-electron chi connectivity index (χ3n) is 5.89. The van der Waals surface area contributed by atoms with E-state index in [0.29, 0.717) is 22.7 Å². The van der Waals surface area contributed by atoms with Gasteiger partial charge in [0.25, 0.3) is 11.7 Å². The Morgan fingerprint density at radius 3 is 2.14 bits per heavy atom. The summed E-state index contributed by atoms with van der Waals surface area (Å²) in [5.41, 5.74) is 0.913. The Balaban J connectivity index is 1.95. The molecule has 9 nitrogen and oxygen atoms in total. The van der Waals surface area contributed by atoms with Crippen molar-refractivity contribution in [3.63, 3.8) is 0 Å². The first-order chi connectivity index (χ1) is 17.8. The maximum Gasteiger partial charge on any atom is 0.308 e. The highest BCUT2D eigenvalue weighted by atomic mass is 16.5. The summed E-state index contributed by atoms with van der Waals surface area (Å²) < 4.78 is 21.1. The van der Waals surface area contributed by atoms with E-state index in [1.807, 2.05) is 0 Å². The fourth-order valence-corrected chi connectivity index (χ4v) is 4.21. The number of amides is 1. The largest absolute Gasteiger partial charge is 0.507 e. The Morgan fingerprint density at radius 2 is 1.51 bits per heavy atom. The summed E-state index contributed by atoms with van der Waals surface area (Å²) in [6.45, 7) is 1.27. The Kier molecular flexibility index (Phi) is 7.15. The SMILES string of the molecule is COc1ccc(N2C(=O)C(=O)/C(=C(/O)c3ccc(OC)cc3OC)C2c2cccc(OC(C)=O)c2)cc1. The number of benzene rings is 3. The van der Waals surface area contributed by atoms with Crippen molar-refractivity contribution in [2.75, 3.05) is 26.2 Å². The third kappa shape index (κ3) is 4.84. The molecule has 0 saturated carbocycles. The molecule has 37 heavy (non-hydrogen) atoms. The number of hydrogen-bond donors (Lipinski definition) is 1. The summed E-state index contributed by atoms with van der Waals surface area (Å²) in [7, 11) is 4.43. The van der Waals surface area contributed by atoms with E-state index in [1.165, 1.54) is 33.2 Å². The molecule has 9 heteroatoms. The summed E-state index contributed by atoms with van der Waals surface area (Å²) in [6, 6.07) is 16.7. The van der Waals surface area contributed by atoms with Crippen LogP contribution in [0.3, 0.4) is 0 Å². The Hall–Kier alpha value is -4.79. The molecule has 1 unspecified atom stereocenters. The second kappa shape index (κ2) is 10.4. The summed E-state index contributed by atoms with van der Waals surface area (Å²) in [4.78, 5) is 39.6. The maximum atomic E-state index is 13.4. The van der Waals surface area contributed by atoms with Crippen molar-refractivity contribution in [1.29, 1.82) is 0 Å². The quantitative estimate of drug-likeness (QED) is 0.167. The standard InChI is InChI=1S/C28H25NO8/c1-16(30)37-21-7-5-6-17(14-21)25-24(26(31)22-13-12-20(35-3)15-23(22)36-4)27(32)28(33)29(25)18-8-10-19(34-2)11-9-18/h5-15,25,31H,1-4H3/b26-24+. The molecule has 1 amide bonds. The van der Waals surface area contributed by atoms with Gasteiger partial charge in [-0.05, 0) is 54.1 Å². The highest BCUT2D eigenvalue weighted by Crippen LogP contribution is 2.44. The number of nitrogens with zero attached hydrogens (tertiary/aromatic N) is 1. The number of Topliss-reactive ketones (excluding diaryl/α,β-unsaturated/α-hetero) is 1. The molecule has 0 aromatic heterocycles. The van der Waals surface area contributed by atoms with Crippen LogP contribution in [0.15, 0.2) is 72.3 Å². The summed E-state index contributed by atoms with van der Waals surface area (Å²) in [5.74, 6) is -1.13. The van der Waals surface area contributed by atoms with Crippen molar-refractivity contribution >= 4 is 29.1 Å². The van der Waals surface area contributed by atoms with Crippen LogP contribution in [-0.4, -0.2) is 44.1 Å². The van der Waals surface area contributed by atoms with Crippen LogP contribution < -0.4 is 23.8 Å². The van der Waals surface area contributed by atoms with Gasteiger partial charge in [-0.2, -0.15) is 0 Å². The predicted molar refractivity (Wildman–Crippen MR) is 135 cm³/mol. The maximum absolute atomic E-state index is 13.4. The monoisotopic (exact) mass is 503 g/mol. The number of ether oxygens (including phenoxy) is 4. The van der Waals surface area contributed by atoms with Gasteiger partial charge in [0.2, 0.25) is 0 Å². The molecule has 3 aromatic rings. The number of aliphatic hydroxyl groups is 1. The van der Waals surface area contributed by atoms with Crippen molar-refractivity contribution < 1.29 is 38.4 Å². The second-order valence-electron chi connectivity index (χ2n) is 8.10. The van der Waals surface area contributed by atoms with Crippen LogP contribution >= 0.6 is 0 Å². The van der Waals surface area contributed by atoms with E-state index >= 15 is 0 Å². The van der Waals surface area contributed by atoms with Gasteiger partial charge in [0.1, 0.15) is 28.8 Å². The van der Waals surface area contributed by atoms with E-state index in [4.69, 9.17) is 18.9 Å². The lowest BCUT2D eigenvalue weighted by atomic mass is 9.94. The molecule has 4 rings (SSSR count). The zero-order valence-electron chi connectivity index (χ0n) is 20.7. The van der Waals surface area contributed by atoms with Gasteiger partial charge in [-0.25, -0.2) is 0 Å². The van der Waals surface area contributed by atoms with Gasteiger partial charge in [0.05, 0.1) is 38.5 Å². The van der Waals surface area contributed by atoms with Gasteiger partial charge < -0.3 is 24.1 Å². The number of carbonyl (C=O) groups is 3. The Morgan fingerprint density at radius 1 is 0.838 bits per heavy atom. The minimum absolute atomic E-state index is 0.149.